The molecule has 0 saturated carbocycles. The largest absolute Gasteiger partial charge is 0.312 e. The summed E-state index contributed by atoms with van der Waals surface area (Å²) in [5, 5.41) is 7.39. The van der Waals surface area contributed by atoms with Gasteiger partial charge in [-0.05, 0) is 6.07 Å². The average Bonchev–Trinajstić information content (AvgIpc) is 2.83. The summed E-state index contributed by atoms with van der Waals surface area (Å²) < 4.78 is 41.3. The molecule has 0 aliphatic carbocycles. The van der Waals surface area contributed by atoms with E-state index in [9.17, 15) is 13.2 Å². The number of rotatable bonds is 2. The second-order valence-electron chi connectivity index (χ2n) is 4.54. The Morgan fingerprint density at radius 1 is 1.21 bits per heavy atom. The molecule has 0 fully saturated rings. The molecule has 6 heteroatoms. The van der Waals surface area contributed by atoms with Gasteiger partial charge in [-0.25, -0.2) is 13.2 Å². The third-order valence-electron chi connectivity index (χ3n) is 3.32. The van der Waals surface area contributed by atoms with Crippen molar-refractivity contribution < 1.29 is 13.2 Å². The minimum atomic E-state index is -1.43. The summed E-state index contributed by atoms with van der Waals surface area (Å²) in [6.45, 7) is 1.67. The first-order chi connectivity index (χ1) is 9.16. The summed E-state index contributed by atoms with van der Waals surface area (Å²) >= 11 is 0. The minimum Gasteiger partial charge on any atom is -0.312 e. The van der Waals surface area contributed by atoms with Crippen LogP contribution in [0.3, 0.4) is 0 Å². The maximum absolute atomic E-state index is 13.6. The highest BCUT2D eigenvalue weighted by Gasteiger charge is 2.18. The van der Waals surface area contributed by atoms with Crippen molar-refractivity contribution in [2.75, 3.05) is 6.54 Å². The van der Waals surface area contributed by atoms with Crippen LogP contribution in [0.4, 0.5) is 13.2 Å². The van der Waals surface area contributed by atoms with Gasteiger partial charge in [-0.3, -0.25) is 4.68 Å². The van der Waals surface area contributed by atoms with Gasteiger partial charge in [0.2, 0.25) is 0 Å². The minimum absolute atomic E-state index is 0.100. The molecule has 2 aromatic rings. The van der Waals surface area contributed by atoms with E-state index in [4.69, 9.17) is 0 Å². The third-order valence-corrected chi connectivity index (χ3v) is 3.32. The fourth-order valence-corrected chi connectivity index (χ4v) is 2.30. The zero-order valence-corrected chi connectivity index (χ0v) is 10.1. The van der Waals surface area contributed by atoms with E-state index >= 15 is 0 Å². The lowest BCUT2D eigenvalue weighted by Crippen LogP contribution is -2.25. The van der Waals surface area contributed by atoms with E-state index in [1.807, 2.05) is 0 Å². The lowest BCUT2D eigenvalue weighted by Gasteiger charge is -2.15. The third kappa shape index (κ3) is 2.12. The highest BCUT2D eigenvalue weighted by atomic mass is 19.2. The second-order valence-corrected chi connectivity index (χ2v) is 4.54. The molecule has 1 aromatic heterocycles. The monoisotopic (exact) mass is 267 g/mol. The lowest BCUT2D eigenvalue weighted by atomic mass is 10.1. The van der Waals surface area contributed by atoms with Gasteiger partial charge in [0.15, 0.2) is 17.5 Å². The zero-order valence-electron chi connectivity index (χ0n) is 10.1. The van der Waals surface area contributed by atoms with Gasteiger partial charge in [0.1, 0.15) is 0 Å². The van der Waals surface area contributed by atoms with E-state index in [0.717, 1.165) is 36.8 Å². The van der Waals surface area contributed by atoms with Gasteiger partial charge in [-0.1, -0.05) is 6.07 Å². The molecule has 0 atom stereocenters. The fraction of sp³-hybridized carbons (Fsp3) is 0.308. The number of hydrogen-bond acceptors (Lipinski definition) is 2. The Bertz CT molecular complexity index is 622. The molecule has 0 spiro atoms. The molecule has 19 heavy (non-hydrogen) atoms. The van der Waals surface area contributed by atoms with Crippen LogP contribution >= 0.6 is 0 Å². The van der Waals surface area contributed by atoms with Crippen LogP contribution in [0.5, 0.6) is 0 Å². The first kappa shape index (κ1) is 12.2. The first-order valence-electron chi connectivity index (χ1n) is 6.03. The van der Waals surface area contributed by atoms with Crippen LogP contribution in [0, 0.1) is 17.5 Å². The average molecular weight is 267 g/mol. The molecule has 0 unspecified atom stereocenters. The van der Waals surface area contributed by atoms with Gasteiger partial charge >= 0.3 is 0 Å². The molecule has 2 heterocycles. The SMILES string of the molecule is Fc1ccc(Cn2ncc3c2CCNC3)c(F)c1F. The van der Waals surface area contributed by atoms with Crippen molar-refractivity contribution in [2.24, 2.45) is 0 Å². The number of halogens is 3. The molecular formula is C13H12F3N3. The van der Waals surface area contributed by atoms with Crippen LogP contribution in [-0.2, 0) is 19.5 Å². The van der Waals surface area contributed by atoms with Gasteiger partial charge < -0.3 is 5.32 Å². The highest BCUT2D eigenvalue weighted by Crippen LogP contribution is 2.19. The predicted molar refractivity (Wildman–Crippen MR) is 63.1 cm³/mol. The van der Waals surface area contributed by atoms with Crippen molar-refractivity contribution in [1.29, 1.82) is 0 Å². The van der Waals surface area contributed by atoms with Crippen molar-refractivity contribution in [1.82, 2.24) is 15.1 Å². The number of nitrogens with one attached hydrogen (secondary N) is 1. The van der Waals surface area contributed by atoms with E-state index in [1.165, 1.54) is 6.07 Å². The van der Waals surface area contributed by atoms with Crippen LogP contribution in [0.2, 0.25) is 0 Å². The molecule has 0 radical (unpaired) electrons. The molecule has 1 aromatic carbocycles. The molecule has 0 bridgehead atoms. The zero-order chi connectivity index (χ0) is 13.4. The topological polar surface area (TPSA) is 29.9 Å². The maximum atomic E-state index is 13.6. The Kier molecular flexibility index (Phi) is 3.02. The van der Waals surface area contributed by atoms with E-state index in [-0.39, 0.29) is 12.1 Å². The molecule has 1 aliphatic heterocycles. The van der Waals surface area contributed by atoms with Crippen molar-refractivity contribution in [3.8, 4) is 0 Å². The Morgan fingerprint density at radius 3 is 2.89 bits per heavy atom. The van der Waals surface area contributed by atoms with Crippen molar-refractivity contribution >= 4 is 0 Å². The van der Waals surface area contributed by atoms with Crippen LogP contribution in [0.25, 0.3) is 0 Å². The van der Waals surface area contributed by atoms with E-state index in [0.29, 0.717) is 0 Å². The predicted octanol–water partition coefficient (Wildman–Crippen LogP) is 1.99. The summed E-state index contributed by atoms with van der Waals surface area (Å²) in [6, 6.07) is 2.19. The normalized spacial score (nSPS) is 14.5. The quantitative estimate of drug-likeness (QED) is 0.843. The fourth-order valence-electron chi connectivity index (χ4n) is 2.30. The molecule has 1 N–H and O–H groups in total. The van der Waals surface area contributed by atoms with Crippen LogP contribution in [0.15, 0.2) is 18.3 Å². The van der Waals surface area contributed by atoms with Crippen LogP contribution in [0.1, 0.15) is 16.8 Å². The second kappa shape index (κ2) is 4.70. The Morgan fingerprint density at radius 2 is 2.05 bits per heavy atom. The summed E-state index contributed by atoms with van der Waals surface area (Å²) in [4.78, 5) is 0. The molecule has 1 aliphatic rings. The molecule has 3 nitrogen and oxygen atoms in total. The van der Waals surface area contributed by atoms with Crippen molar-refractivity contribution in [2.45, 2.75) is 19.5 Å². The van der Waals surface area contributed by atoms with Gasteiger partial charge in [0.25, 0.3) is 0 Å². The number of benzene rings is 1. The van der Waals surface area contributed by atoms with E-state index in [1.54, 1.807) is 10.9 Å². The highest BCUT2D eigenvalue weighted by molar-refractivity contribution is 5.24. The lowest BCUT2D eigenvalue weighted by molar-refractivity contribution is 0.436. The van der Waals surface area contributed by atoms with Crippen LogP contribution in [-0.4, -0.2) is 16.3 Å². The molecular weight excluding hydrogens is 255 g/mol. The standard InChI is InChI=1S/C13H12F3N3/c14-10-2-1-8(12(15)13(10)16)7-19-11-3-4-17-5-9(11)6-18-19/h1-2,6,17H,3-5,7H2. The smallest absolute Gasteiger partial charge is 0.194 e. The molecule has 0 saturated heterocycles. The number of aromatic nitrogens is 2. The Hall–Kier alpha value is -1.82. The Balaban J connectivity index is 1.94. The molecule has 0 amide bonds. The summed E-state index contributed by atoms with van der Waals surface area (Å²) in [7, 11) is 0. The van der Waals surface area contributed by atoms with Gasteiger partial charge in [0, 0.05) is 36.3 Å². The first-order valence-corrected chi connectivity index (χ1v) is 6.03. The number of nitrogens with zero attached hydrogens (tertiary/aromatic N) is 2. The molecule has 3 rings (SSSR count). The number of hydrogen-bond donors (Lipinski definition) is 1. The van der Waals surface area contributed by atoms with Crippen molar-refractivity contribution in [3.63, 3.8) is 0 Å². The van der Waals surface area contributed by atoms with Crippen molar-refractivity contribution in [3.05, 3.63) is 52.6 Å². The summed E-state index contributed by atoms with van der Waals surface area (Å²) in [6.07, 6.45) is 2.51. The molecule has 100 valence electrons. The summed E-state index contributed by atoms with van der Waals surface area (Å²) in [5.41, 5.74) is 2.18. The van der Waals surface area contributed by atoms with Gasteiger partial charge in [-0.2, -0.15) is 5.10 Å². The van der Waals surface area contributed by atoms with Crippen LogP contribution < -0.4 is 5.32 Å². The van der Waals surface area contributed by atoms with E-state index in [2.05, 4.69) is 10.4 Å². The van der Waals surface area contributed by atoms with E-state index < -0.39 is 17.5 Å². The Labute approximate surface area is 108 Å². The summed E-state index contributed by atoms with van der Waals surface area (Å²) in [5.74, 6) is -3.74. The van der Waals surface area contributed by atoms with Gasteiger partial charge in [-0.15, -0.1) is 0 Å². The maximum Gasteiger partial charge on any atom is 0.194 e. The van der Waals surface area contributed by atoms with Gasteiger partial charge in [0.05, 0.1) is 12.7 Å². The number of fused-ring (bicyclic) bond motifs is 1.